The van der Waals surface area contributed by atoms with E-state index < -0.39 is 0 Å². The Labute approximate surface area is 182 Å². The normalized spacial score (nSPS) is 10.9. The summed E-state index contributed by atoms with van der Waals surface area (Å²) in [4.78, 5) is 26.9. The molecule has 1 aromatic heterocycles. The summed E-state index contributed by atoms with van der Waals surface area (Å²) in [5.74, 6) is -0.637. The maximum absolute atomic E-state index is 12.8. The van der Waals surface area contributed by atoms with Gasteiger partial charge in [-0.25, -0.2) is 0 Å². The molecule has 8 heteroatoms. The third kappa shape index (κ3) is 4.13. The quantitative estimate of drug-likeness (QED) is 0.510. The summed E-state index contributed by atoms with van der Waals surface area (Å²) in [6.07, 6.45) is 0. The van der Waals surface area contributed by atoms with E-state index in [1.807, 2.05) is 32.0 Å². The van der Waals surface area contributed by atoms with Gasteiger partial charge in [0.05, 0.1) is 16.6 Å². The summed E-state index contributed by atoms with van der Waals surface area (Å²) in [5, 5.41) is 4.59. The predicted molar refractivity (Wildman–Crippen MR) is 118 cm³/mol. The highest BCUT2D eigenvalue weighted by molar-refractivity contribution is 7.21. The molecule has 0 radical (unpaired) electrons. The number of fused-ring (bicyclic) bond motifs is 1. The highest BCUT2D eigenvalue weighted by Crippen LogP contribution is 2.41. The number of hydrogen-bond acceptors (Lipinski definition) is 3. The second kappa shape index (κ2) is 8.29. The van der Waals surface area contributed by atoms with E-state index in [4.69, 9.17) is 34.8 Å². The van der Waals surface area contributed by atoms with Crippen molar-refractivity contribution in [3.63, 3.8) is 0 Å². The standard InChI is InChI=1S/C20H17Cl3N2O2S/c1-10-5-4-6-11(2)18(10)24-15(26)9-25(3)20(27)19-17(23)16-13(22)7-12(21)8-14(16)28-19/h4-8H,9H2,1-3H3,(H,24,26). The minimum atomic E-state index is -0.352. The van der Waals surface area contributed by atoms with E-state index in [1.165, 1.54) is 16.2 Å². The smallest absolute Gasteiger partial charge is 0.265 e. The van der Waals surface area contributed by atoms with Gasteiger partial charge in [0.25, 0.3) is 5.91 Å². The van der Waals surface area contributed by atoms with E-state index in [1.54, 1.807) is 19.2 Å². The first kappa shape index (κ1) is 20.9. The van der Waals surface area contributed by atoms with Crippen LogP contribution in [0, 0.1) is 13.8 Å². The highest BCUT2D eigenvalue weighted by Gasteiger charge is 2.23. The van der Waals surface area contributed by atoms with Gasteiger partial charge in [0.15, 0.2) is 0 Å². The summed E-state index contributed by atoms with van der Waals surface area (Å²) in [7, 11) is 1.56. The average molecular weight is 456 g/mol. The summed E-state index contributed by atoms with van der Waals surface area (Å²) >= 11 is 19.8. The molecule has 0 unspecified atom stereocenters. The lowest BCUT2D eigenvalue weighted by Gasteiger charge is -2.17. The Morgan fingerprint density at radius 2 is 1.75 bits per heavy atom. The first-order valence-electron chi connectivity index (χ1n) is 8.37. The Morgan fingerprint density at radius 3 is 2.39 bits per heavy atom. The van der Waals surface area contributed by atoms with Gasteiger partial charge < -0.3 is 10.2 Å². The van der Waals surface area contributed by atoms with Crippen LogP contribution in [0.25, 0.3) is 10.1 Å². The van der Waals surface area contributed by atoms with Crippen molar-refractivity contribution in [1.82, 2.24) is 4.90 Å². The summed E-state index contributed by atoms with van der Waals surface area (Å²) in [6, 6.07) is 9.06. The number of carbonyl (C=O) groups is 2. The maximum Gasteiger partial charge on any atom is 0.265 e. The molecule has 1 heterocycles. The van der Waals surface area contributed by atoms with Gasteiger partial charge in [-0.15, -0.1) is 11.3 Å². The molecule has 0 aliphatic heterocycles. The molecule has 3 aromatic rings. The molecule has 0 bridgehead atoms. The molecule has 0 fully saturated rings. The van der Waals surface area contributed by atoms with Crippen LogP contribution in [0.15, 0.2) is 30.3 Å². The topological polar surface area (TPSA) is 49.4 Å². The molecule has 28 heavy (non-hydrogen) atoms. The second-order valence-corrected chi connectivity index (χ2v) is 8.76. The molecule has 0 saturated carbocycles. The van der Waals surface area contributed by atoms with Crippen molar-refractivity contribution in [2.45, 2.75) is 13.8 Å². The minimum absolute atomic E-state index is 0.105. The maximum atomic E-state index is 12.8. The molecule has 1 N–H and O–H groups in total. The number of nitrogens with one attached hydrogen (secondary N) is 1. The van der Waals surface area contributed by atoms with E-state index in [-0.39, 0.29) is 23.4 Å². The lowest BCUT2D eigenvalue weighted by molar-refractivity contribution is -0.116. The van der Waals surface area contributed by atoms with Gasteiger partial charge >= 0.3 is 0 Å². The van der Waals surface area contributed by atoms with E-state index in [0.717, 1.165) is 21.5 Å². The SMILES string of the molecule is Cc1cccc(C)c1NC(=O)CN(C)C(=O)c1sc2cc(Cl)cc(Cl)c2c1Cl. The summed E-state index contributed by atoms with van der Waals surface area (Å²) < 4.78 is 0.722. The number of carbonyl (C=O) groups excluding carboxylic acids is 2. The number of para-hydroxylation sites is 1. The molecular formula is C20H17Cl3N2O2S. The van der Waals surface area contributed by atoms with E-state index in [0.29, 0.717) is 20.3 Å². The van der Waals surface area contributed by atoms with Crippen LogP contribution in [0.5, 0.6) is 0 Å². The van der Waals surface area contributed by atoms with Gasteiger partial charge in [-0.1, -0.05) is 53.0 Å². The van der Waals surface area contributed by atoms with Gasteiger partial charge in [0.1, 0.15) is 4.88 Å². The molecule has 0 saturated heterocycles. The van der Waals surface area contributed by atoms with Crippen molar-refractivity contribution in [3.8, 4) is 0 Å². The Morgan fingerprint density at radius 1 is 1.11 bits per heavy atom. The number of rotatable bonds is 4. The van der Waals surface area contributed by atoms with Crippen molar-refractivity contribution in [2.24, 2.45) is 0 Å². The number of benzene rings is 2. The predicted octanol–water partition coefficient (Wildman–Crippen LogP) is 6.19. The van der Waals surface area contributed by atoms with Gasteiger partial charge in [0.2, 0.25) is 5.91 Å². The van der Waals surface area contributed by atoms with Gasteiger partial charge in [-0.3, -0.25) is 9.59 Å². The Bertz CT molecular complexity index is 1070. The molecule has 3 rings (SSSR count). The fraction of sp³-hybridized carbons (Fsp3) is 0.200. The summed E-state index contributed by atoms with van der Waals surface area (Å²) in [5.41, 5.74) is 2.68. The monoisotopic (exact) mass is 454 g/mol. The van der Waals surface area contributed by atoms with Gasteiger partial charge in [-0.2, -0.15) is 0 Å². The van der Waals surface area contributed by atoms with Crippen molar-refractivity contribution in [2.75, 3.05) is 18.9 Å². The fourth-order valence-electron chi connectivity index (χ4n) is 2.90. The van der Waals surface area contributed by atoms with Gasteiger partial charge in [-0.05, 0) is 37.1 Å². The molecule has 0 spiro atoms. The number of aryl methyl sites for hydroxylation is 2. The van der Waals surface area contributed by atoms with Crippen molar-refractivity contribution in [3.05, 3.63) is 61.4 Å². The van der Waals surface area contributed by atoms with Crippen LogP contribution in [0.1, 0.15) is 20.8 Å². The number of likely N-dealkylation sites (N-methyl/N-ethyl adjacent to an activating group) is 1. The molecule has 146 valence electrons. The number of thiophene rings is 1. The van der Waals surface area contributed by atoms with Crippen LogP contribution in [0.2, 0.25) is 15.1 Å². The zero-order valence-corrected chi connectivity index (χ0v) is 18.5. The largest absolute Gasteiger partial charge is 0.332 e. The van der Waals surface area contributed by atoms with Crippen LogP contribution >= 0.6 is 46.1 Å². The Hall–Kier alpha value is -1.79. The van der Waals surface area contributed by atoms with Crippen molar-refractivity contribution < 1.29 is 9.59 Å². The van der Waals surface area contributed by atoms with Crippen LogP contribution < -0.4 is 5.32 Å². The van der Waals surface area contributed by atoms with Crippen LogP contribution in [-0.4, -0.2) is 30.3 Å². The third-order valence-electron chi connectivity index (χ3n) is 4.32. The molecule has 0 aliphatic carbocycles. The van der Waals surface area contributed by atoms with Crippen LogP contribution in [0.4, 0.5) is 5.69 Å². The lowest BCUT2D eigenvalue weighted by atomic mass is 10.1. The van der Waals surface area contributed by atoms with Crippen LogP contribution in [-0.2, 0) is 4.79 Å². The lowest BCUT2D eigenvalue weighted by Crippen LogP contribution is -2.34. The number of halogens is 3. The highest BCUT2D eigenvalue weighted by atomic mass is 35.5. The number of nitrogens with zero attached hydrogens (tertiary/aromatic N) is 1. The first-order valence-corrected chi connectivity index (χ1v) is 10.3. The van der Waals surface area contributed by atoms with E-state index in [2.05, 4.69) is 5.32 Å². The number of anilines is 1. The van der Waals surface area contributed by atoms with Crippen molar-refractivity contribution in [1.29, 1.82) is 0 Å². The van der Waals surface area contributed by atoms with E-state index in [9.17, 15) is 9.59 Å². The zero-order valence-electron chi connectivity index (χ0n) is 15.4. The molecule has 0 aliphatic rings. The average Bonchev–Trinajstić information content (AvgIpc) is 2.94. The summed E-state index contributed by atoms with van der Waals surface area (Å²) in [6.45, 7) is 3.73. The van der Waals surface area contributed by atoms with E-state index >= 15 is 0 Å². The van der Waals surface area contributed by atoms with Crippen LogP contribution in [0.3, 0.4) is 0 Å². The molecule has 4 nitrogen and oxygen atoms in total. The Kier molecular flexibility index (Phi) is 6.20. The number of amides is 2. The molecular weight excluding hydrogens is 439 g/mol. The van der Waals surface area contributed by atoms with Crippen molar-refractivity contribution >= 4 is 73.7 Å². The molecule has 2 amide bonds. The number of hydrogen-bond donors (Lipinski definition) is 1. The minimum Gasteiger partial charge on any atom is -0.332 e. The zero-order chi connectivity index (χ0) is 20.6. The second-order valence-electron chi connectivity index (χ2n) is 6.48. The fourth-order valence-corrected chi connectivity index (χ4v) is 5.27. The third-order valence-corrected chi connectivity index (χ3v) is 6.45. The molecule has 0 atom stereocenters. The molecule has 2 aromatic carbocycles. The van der Waals surface area contributed by atoms with Gasteiger partial charge in [0, 0.05) is 27.8 Å². The first-order chi connectivity index (χ1) is 13.2. The Balaban J connectivity index is 1.79.